The van der Waals surface area contributed by atoms with Gasteiger partial charge in [-0.05, 0) is 17.7 Å². The zero-order chi connectivity index (χ0) is 17.7. The Labute approximate surface area is 175 Å². The number of methoxy groups -OCH3 is 1. The van der Waals surface area contributed by atoms with Crippen LogP contribution in [0.3, 0.4) is 0 Å². The van der Waals surface area contributed by atoms with E-state index in [1.807, 2.05) is 4.90 Å². The molecule has 1 fully saturated rings. The molecule has 1 aromatic carbocycles. The third-order valence-electron chi connectivity index (χ3n) is 4.23. The predicted molar refractivity (Wildman–Crippen MR) is 105 cm³/mol. The summed E-state index contributed by atoms with van der Waals surface area (Å²) in [6.45, 7) is 3.54. The zero-order valence-corrected chi connectivity index (χ0v) is 17.2. The maximum absolute atomic E-state index is 12.6. The fourth-order valence-electron chi connectivity index (χ4n) is 2.82. The van der Waals surface area contributed by atoms with Crippen LogP contribution in [0.15, 0.2) is 24.3 Å². The second-order valence-electron chi connectivity index (χ2n) is 5.78. The number of nitrogens with two attached hydrogens (primary N) is 1. The van der Waals surface area contributed by atoms with Crippen LogP contribution in [0, 0.1) is 0 Å². The number of rotatable bonds is 5. The van der Waals surface area contributed by atoms with Gasteiger partial charge in [-0.2, -0.15) is 13.2 Å². The van der Waals surface area contributed by atoms with E-state index in [1.54, 1.807) is 0 Å². The van der Waals surface area contributed by atoms with E-state index in [0.717, 1.165) is 17.7 Å². The maximum atomic E-state index is 12.6. The van der Waals surface area contributed by atoms with Crippen LogP contribution in [0.25, 0.3) is 0 Å². The summed E-state index contributed by atoms with van der Waals surface area (Å²) >= 11 is 0. The summed E-state index contributed by atoms with van der Waals surface area (Å²) < 4.78 is 42.4. The van der Waals surface area contributed by atoms with Gasteiger partial charge in [0.2, 0.25) is 0 Å². The summed E-state index contributed by atoms with van der Waals surface area (Å²) in [5.74, 6) is -0.339. The molecule has 0 spiro atoms. The Hall–Kier alpha value is -0.770. The molecule has 0 saturated carbocycles. The van der Waals surface area contributed by atoms with Gasteiger partial charge in [-0.15, -0.1) is 37.2 Å². The number of hydrogen-bond donors (Lipinski definition) is 1. The van der Waals surface area contributed by atoms with Crippen molar-refractivity contribution >= 4 is 43.2 Å². The fraction of sp³-hybridized carbons (Fsp3) is 0.562. The number of hydrogen-bond acceptors (Lipinski definition) is 5. The monoisotopic (exact) mass is 453 g/mol. The van der Waals surface area contributed by atoms with Gasteiger partial charge in [0.25, 0.3) is 0 Å². The molecule has 0 aliphatic carbocycles. The highest BCUT2D eigenvalue weighted by Crippen LogP contribution is 2.29. The molecule has 2 N–H and O–H groups in total. The van der Waals surface area contributed by atoms with Crippen LogP contribution in [0.4, 0.5) is 13.2 Å². The summed E-state index contributed by atoms with van der Waals surface area (Å²) in [7, 11) is 1.34. The van der Waals surface area contributed by atoms with Crippen LogP contribution < -0.4 is 5.73 Å². The zero-order valence-electron chi connectivity index (χ0n) is 14.8. The molecule has 158 valence electrons. The molecule has 1 aliphatic heterocycles. The van der Waals surface area contributed by atoms with Crippen LogP contribution in [-0.2, 0) is 22.3 Å². The van der Waals surface area contributed by atoms with E-state index in [-0.39, 0.29) is 49.7 Å². The molecule has 2 rings (SSSR count). The molecule has 27 heavy (non-hydrogen) atoms. The molecule has 1 saturated heterocycles. The van der Waals surface area contributed by atoms with Crippen molar-refractivity contribution in [2.75, 3.05) is 39.8 Å². The summed E-state index contributed by atoms with van der Waals surface area (Å²) in [6.07, 6.45) is -4.31. The first-order valence-electron chi connectivity index (χ1n) is 7.75. The first-order valence-corrected chi connectivity index (χ1v) is 7.75. The molecule has 1 heterocycles. The molecule has 1 unspecified atom stereocenters. The highest BCUT2D eigenvalue weighted by atomic mass is 35.5. The molecule has 0 aromatic heterocycles. The van der Waals surface area contributed by atoms with Crippen molar-refractivity contribution in [2.24, 2.45) is 5.73 Å². The Morgan fingerprint density at radius 1 is 1.11 bits per heavy atom. The molecular weight excluding hydrogens is 430 g/mol. The van der Waals surface area contributed by atoms with Gasteiger partial charge in [-0.1, -0.05) is 12.1 Å². The van der Waals surface area contributed by atoms with Crippen LogP contribution >= 0.6 is 37.2 Å². The maximum Gasteiger partial charge on any atom is 0.416 e. The minimum Gasteiger partial charge on any atom is -0.468 e. The van der Waals surface area contributed by atoms with Crippen LogP contribution in [0.1, 0.15) is 11.1 Å². The van der Waals surface area contributed by atoms with Crippen molar-refractivity contribution in [3.05, 3.63) is 35.4 Å². The van der Waals surface area contributed by atoms with Crippen molar-refractivity contribution in [3.63, 3.8) is 0 Å². The third-order valence-corrected chi connectivity index (χ3v) is 4.23. The highest BCUT2D eigenvalue weighted by Gasteiger charge is 2.30. The van der Waals surface area contributed by atoms with E-state index in [4.69, 9.17) is 10.5 Å². The molecule has 1 aromatic rings. The second kappa shape index (κ2) is 12.6. The smallest absolute Gasteiger partial charge is 0.416 e. The minimum absolute atomic E-state index is 0. The Balaban J connectivity index is 0. The van der Waals surface area contributed by atoms with E-state index >= 15 is 0 Å². The Morgan fingerprint density at radius 3 is 2.04 bits per heavy atom. The second-order valence-corrected chi connectivity index (χ2v) is 5.78. The van der Waals surface area contributed by atoms with Gasteiger partial charge in [-0.25, -0.2) is 0 Å². The lowest BCUT2D eigenvalue weighted by atomic mass is 10.1. The normalized spacial score (nSPS) is 16.3. The number of carbonyl (C=O) groups is 1. The number of esters is 1. The molecule has 11 heteroatoms. The van der Waals surface area contributed by atoms with E-state index in [2.05, 4.69) is 4.90 Å². The topological polar surface area (TPSA) is 58.8 Å². The van der Waals surface area contributed by atoms with Crippen LogP contribution in [-0.4, -0.2) is 61.6 Å². The summed E-state index contributed by atoms with van der Waals surface area (Å²) in [4.78, 5) is 15.8. The van der Waals surface area contributed by atoms with Crippen molar-refractivity contribution in [1.82, 2.24) is 9.80 Å². The Kier molecular flexibility index (Phi) is 13.3. The van der Waals surface area contributed by atoms with E-state index in [0.29, 0.717) is 32.7 Å². The van der Waals surface area contributed by atoms with Gasteiger partial charge < -0.3 is 10.5 Å². The first kappa shape index (κ1) is 28.4. The molecule has 1 atom stereocenters. The highest BCUT2D eigenvalue weighted by molar-refractivity contribution is 5.86. The van der Waals surface area contributed by atoms with Crippen molar-refractivity contribution < 1.29 is 22.7 Å². The number of benzene rings is 1. The van der Waals surface area contributed by atoms with E-state index in [1.165, 1.54) is 19.2 Å². The molecule has 0 bridgehead atoms. The fourth-order valence-corrected chi connectivity index (χ4v) is 2.82. The third kappa shape index (κ3) is 8.01. The quantitative estimate of drug-likeness (QED) is 0.693. The van der Waals surface area contributed by atoms with Gasteiger partial charge in [0.05, 0.1) is 12.7 Å². The number of carbonyl (C=O) groups excluding carboxylic acids is 1. The Bertz CT molecular complexity index is 554. The lowest BCUT2D eigenvalue weighted by Gasteiger charge is -2.37. The first-order chi connectivity index (χ1) is 11.3. The average molecular weight is 455 g/mol. The SMILES string of the molecule is COC(=O)C(CN)N1CCN(Cc2ccc(C(F)(F)F)cc2)CC1.Cl.Cl.Cl. The van der Waals surface area contributed by atoms with Crippen molar-refractivity contribution in [3.8, 4) is 0 Å². The lowest BCUT2D eigenvalue weighted by molar-refractivity contribution is -0.147. The van der Waals surface area contributed by atoms with Gasteiger partial charge in [0, 0.05) is 39.3 Å². The van der Waals surface area contributed by atoms with Crippen molar-refractivity contribution in [2.45, 2.75) is 18.8 Å². The predicted octanol–water partition coefficient (Wildman–Crippen LogP) is 2.59. The average Bonchev–Trinajstić information content (AvgIpc) is 2.56. The molecular formula is C16H25Cl3F3N3O2. The van der Waals surface area contributed by atoms with E-state index < -0.39 is 17.8 Å². The van der Waals surface area contributed by atoms with E-state index in [9.17, 15) is 18.0 Å². The largest absolute Gasteiger partial charge is 0.468 e. The van der Waals surface area contributed by atoms with Crippen LogP contribution in [0.2, 0.25) is 0 Å². The number of ether oxygens (including phenoxy) is 1. The van der Waals surface area contributed by atoms with Gasteiger partial charge in [-0.3, -0.25) is 14.6 Å². The minimum atomic E-state index is -4.31. The molecule has 0 radical (unpaired) electrons. The summed E-state index contributed by atoms with van der Waals surface area (Å²) in [5, 5.41) is 0. The molecule has 0 amide bonds. The van der Waals surface area contributed by atoms with Crippen molar-refractivity contribution in [1.29, 1.82) is 0 Å². The summed E-state index contributed by atoms with van der Waals surface area (Å²) in [6, 6.07) is 4.78. The van der Waals surface area contributed by atoms with Gasteiger partial charge in [0.15, 0.2) is 0 Å². The van der Waals surface area contributed by atoms with Crippen LogP contribution in [0.5, 0.6) is 0 Å². The molecule has 5 nitrogen and oxygen atoms in total. The van der Waals surface area contributed by atoms with Gasteiger partial charge in [0.1, 0.15) is 6.04 Å². The Morgan fingerprint density at radius 2 is 1.63 bits per heavy atom. The standard InChI is InChI=1S/C16H22F3N3O2.3ClH/c1-24-15(23)14(10-20)22-8-6-21(7-9-22)11-12-2-4-13(5-3-12)16(17,18)19;;;/h2-5,14H,6-11,20H2,1H3;3*1H. The number of nitrogens with zero attached hydrogens (tertiary/aromatic N) is 2. The number of piperazine rings is 1. The molecule has 1 aliphatic rings. The number of alkyl halides is 3. The number of halogens is 6. The summed E-state index contributed by atoms with van der Waals surface area (Å²) in [5.41, 5.74) is 5.83. The lowest BCUT2D eigenvalue weighted by Crippen LogP contribution is -2.55. The van der Waals surface area contributed by atoms with Gasteiger partial charge >= 0.3 is 12.1 Å².